The van der Waals surface area contributed by atoms with E-state index in [-0.39, 0.29) is 17.7 Å². The third-order valence-corrected chi connectivity index (χ3v) is 4.95. The number of carbonyl (C=O) groups is 2. The minimum Gasteiger partial charge on any atom is -0.467 e. The minimum absolute atomic E-state index is 0.0952. The molecule has 1 aromatic heterocycles. The zero-order valence-corrected chi connectivity index (χ0v) is 15.7. The van der Waals surface area contributed by atoms with Crippen LogP contribution in [0.5, 0.6) is 0 Å². The topological polar surface area (TPSA) is 73.2 Å². The number of benzene rings is 1. The SMILES string of the molecule is COC(=O)[C@@H](Cc1cnn(C)c1)NC(=O)[C@H]1C[C@@H]1c1ccc(Br)cc1. The Hall–Kier alpha value is -2.15. The fraction of sp³-hybridized carbons (Fsp3) is 0.389. The Morgan fingerprint density at radius 1 is 1.40 bits per heavy atom. The van der Waals surface area contributed by atoms with Gasteiger partial charge in [0.2, 0.25) is 5.91 Å². The number of hydrogen-bond donors (Lipinski definition) is 1. The van der Waals surface area contributed by atoms with E-state index in [1.807, 2.05) is 37.5 Å². The molecule has 0 unspecified atom stereocenters. The normalized spacial score (nSPS) is 20.0. The molecule has 0 bridgehead atoms. The van der Waals surface area contributed by atoms with Gasteiger partial charge in [0, 0.05) is 30.1 Å². The second-order valence-corrected chi connectivity index (χ2v) is 7.23. The Balaban J connectivity index is 1.62. The number of carbonyl (C=O) groups excluding carboxylic acids is 2. The van der Waals surface area contributed by atoms with Crippen LogP contribution in [0.1, 0.15) is 23.5 Å². The maximum atomic E-state index is 12.5. The van der Waals surface area contributed by atoms with Crippen LogP contribution in [-0.2, 0) is 27.8 Å². The summed E-state index contributed by atoms with van der Waals surface area (Å²) in [5, 5.41) is 6.93. The second-order valence-electron chi connectivity index (χ2n) is 6.31. The van der Waals surface area contributed by atoms with Crippen LogP contribution in [-0.4, -0.2) is 34.8 Å². The Bertz CT molecular complexity index is 772. The van der Waals surface area contributed by atoms with Crippen molar-refractivity contribution >= 4 is 27.8 Å². The van der Waals surface area contributed by atoms with Crippen molar-refractivity contribution in [1.29, 1.82) is 0 Å². The molecule has 0 saturated heterocycles. The van der Waals surface area contributed by atoms with Crippen LogP contribution in [0.2, 0.25) is 0 Å². The Morgan fingerprint density at radius 2 is 2.12 bits per heavy atom. The third-order valence-electron chi connectivity index (χ3n) is 4.43. The molecule has 1 amide bonds. The molecule has 132 valence electrons. The van der Waals surface area contributed by atoms with Crippen LogP contribution in [0.25, 0.3) is 0 Å². The van der Waals surface area contributed by atoms with Crippen molar-refractivity contribution in [3.8, 4) is 0 Å². The number of esters is 1. The van der Waals surface area contributed by atoms with Crippen molar-refractivity contribution in [2.45, 2.75) is 24.8 Å². The molecule has 25 heavy (non-hydrogen) atoms. The van der Waals surface area contributed by atoms with Crippen LogP contribution in [0.3, 0.4) is 0 Å². The largest absolute Gasteiger partial charge is 0.467 e. The first kappa shape index (κ1) is 17.7. The maximum Gasteiger partial charge on any atom is 0.328 e. The van der Waals surface area contributed by atoms with Crippen molar-refractivity contribution < 1.29 is 14.3 Å². The van der Waals surface area contributed by atoms with E-state index in [2.05, 4.69) is 26.3 Å². The van der Waals surface area contributed by atoms with Gasteiger partial charge in [0.25, 0.3) is 0 Å². The Kier molecular flexibility index (Phi) is 5.22. The molecule has 0 aliphatic heterocycles. The first-order chi connectivity index (χ1) is 12.0. The number of nitrogens with one attached hydrogen (secondary N) is 1. The average molecular weight is 406 g/mol. The molecular formula is C18H20BrN3O3. The Morgan fingerprint density at radius 3 is 2.72 bits per heavy atom. The molecule has 1 aliphatic carbocycles. The predicted molar refractivity (Wildman–Crippen MR) is 95.8 cm³/mol. The fourth-order valence-corrected chi connectivity index (χ4v) is 3.25. The van der Waals surface area contributed by atoms with Crippen molar-refractivity contribution in [3.05, 3.63) is 52.3 Å². The summed E-state index contributed by atoms with van der Waals surface area (Å²) in [6.07, 6.45) is 4.67. The molecular weight excluding hydrogens is 386 g/mol. The fourth-order valence-electron chi connectivity index (χ4n) is 2.99. The van der Waals surface area contributed by atoms with Gasteiger partial charge in [0.1, 0.15) is 6.04 Å². The van der Waals surface area contributed by atoms with Crippen LogP contribution < -0.4 is 5.32 Å². The van der Waals surface area contributed by atoms with Gasteiger partial charge in [-0.1, -0.05) is 28.1 Å². The highest BCUT2D eigenvalue weighted by molar-refractivity contribution is 9.10. The molecule has 7 heteroatoms. The average Bonchev–Trinajstić information content (AvgIpc) is 3.30. The monoisotopic (exact) mass is 405 g/mol. The van der Waals surface area contributed by atoms with Gasteiger partial charge in [-0.15, -0.1) is 0 Å². The van der Waals surface area contributed by atoms with Crippen LogP contribution in [0.4, 0.5) is 0 Å². The van der Waals surface area contributed by atoms with Crippen molar-refractivity contribution in [1.82, 2.24) is 15.1 Å². The van der Waals surface area contributed by atoms with Gasteiger partial charge in [0.05, 0.1) is 13.3 Å². The number of rotatable bonds is 6. The van der Waals surface area contributed by atoms with Crippen LogP contribution in [0.15, 0.2) is 41.1 Å². The highest BCUT2D eigenvalue weighted by Crippen LogP contribution is 2.47. The van der Waals surface area contributed by atoms with Gasteiger partial charge in [0.15, 0.2) is 0 Å². The number of hydrogen-bond acceptors (Lipinski definition) is 4. The summed E-state index contributed by atoms with van der Waals surface area (Å²) in [7, 11) is 3.13. The first-order valence-electron chi connectivity index (χ1n) is 8.09. The highest BCUT2D eigenvalue weighted by Gasteiger charge is 2.44. The van der Waals surface area contributed by atoms with E-state index in [4.69, 9.17) is 4.74 Å². The molecule has 3 atom stereocenters. The van der Waals surface area contributed by atoms with Crippen molar-refractivity contribution in [2.75, 3.05) is 7.11 Å². The molecule has 3 rings (SSSR count). The number of ether oxygens (including phenoxy) is 1. The molecule has 6 nitrogen and oxygen atoms in total. The lowest BCUT2D eigenvalue weighted by Crippen LogP contribution is -2.43. The maximum absolute atomic E-state index is 12.5. The molecule has 1 aliphatic rings. The third kappa shape index (κ3) is 4.28. The number of amides is 1. The Labute approximate surface area is 154 Å². The summed E-state index contributed by atoms with van der Waals surface area (Å²) < 4.78 is 7.51. The summed E-state index contributed by atoms with van der Waals surface area (Å²) >= 11 is 3.41. The highest BCUT2D eigenvalue weighted by atomic mass is 79.9. The van der Waals surface area contributed by atoms with Crippen molar-refractivity contribution in [3.63, 3.8) is 0 Å². The lowest BCUT2D eigenvalue weighted by molar-refractivity contribution is -0.145. The van der Waals surface area contributed by atoms with E-state index >= 15 is 0 Å². The number of nitrogens with zero attached hydrogens (tertiary/aromatic N) is 2. The zero-order chi connectivity index (χ0) is 18.0. The second kappa shape index (κ2) is 7.39. The summed E-state index contributed by atoms with van der Waals surface area (Å²) in [6, 6.07) is 7.29. The zero-order valence-electron chi connectivity index (χ0n) is 14.1. The molecule has 2 aromatic rings. The molecule has 1 fully saturated rings. The number of aryl methyl sites for hydroxylation is 1. The number of methoxy groups -OCH3 is 1. The summed E-state index contributed by atoms with van der Waals surface area (Å²) in [6.45, 7) is 0. The molecule has 1 aromatic carbocycles. The first-order valence-corrected chi connectivity index (χ1v) is 8.88. The van der Waals surface area contributed by atoms with Gasteiger partial charge in [-0.25, -0.2) is 4.79 Å². The molecule has 0 spiro atoms. The van der Waals surface area contributed by atoms with E-state index in [0.29, 0.717) is 6.42 Å². The van der Waals surface area contributed by atoms with Crippen LogP contribution >= 0.6 is 15.9 Å². The van der Waals surface area contributed by atoms with E-state index in [1.165, 1.54) is 7.11 Å². The lowest BCUT2D eigenvalue weighted by Gasteiger charge is -2.16. The van der Waals surface area contributed by atoms with E-state index in [1.54, 1.807) is 10.9 Å². The summed E-state index contributed by atoms with van der Waals surface area (Å²) in [5.74, 6) is -0.433. The quantitative estimate of drug-likeness (QED) is 0.747. The molecule has 1 N–H and O–H groups in total. The number of halogens is 1. The summed E-state index contributed by atoms with van der Waals surface area (Å²) in [4.78, 5) is 24.6. The standard InChI is InChI=1S/C18H20BrN3O3/c1-22-10-11(9-20-22)7-16(18(24)25-2)21-17(23)15-8-14(15)12-3-5-13(19)6-4-12/h3-6,9-10,14-16H,7-8H2,1-2H3,(H,21,23)/t14-,15+,16-/m1/s1. The van der Waals surface area contributed by atoms with Gasteiger partial charge in [-0.05, 0) is 35.6 Å². The van der Waals surface area contributed by atoms with Gasteiger partial charge >= 0.3 is 5.97 Å². The van der Waals surface area contributed by atoms with Gasteiger partial charge in [-0.2, -0.15) is 5.10 Å². The van der Waals surface area contributed by atoms with Gasteiger partial charge in [-0.3, -0.25) is 9.48 Å². The molecule has 1 saturated carbocycles. The predicted octanol–water partition coefficient (Wildman–Crippen LogP) is 2.19. The smallest absolute Gasteiger partial charge is 0.328 e. The van der Waals surface area contributed by atoms with Crippen LogP contribution in [0, 0.1) is 5.92 Å². The van der Waals surface area contributed by atoms with E-state index in [9.17, 15) is 9.59 Å². The molecule has 1 heterocycles. The lowest BCUT2D eigenvalue weighted by atomic mass is 10.1. The number of aromatic nitrogens is 2. The van der Waals surface area contributed by atoms with E-state index < -0.39 is 12.0 Å². The van der Waals surface area contributed by atoms with E-state index in [0.717, 1.165) is 22.0 Å². The minimum atomic E-state index is -0.701. The summed E-state index contributed by atoms with van der Waals surface area (Å²) in [5.41, 5.74) is 2.02. The van der Waals surface area contributed by atoms with Crippen molar-refractivity contribution in [2.24, 2.45) is 13.0 Å². The molecule has 0 radical (unpaired) electrons. The van der Waals surface area contributed by atoms with Gasteiger partial charge < -0.3 is 10.1 Å².